The molecule has 0 radical (unpaired) electrons. The van der Waals surface area contributed by atoms with Gasteiger partial charge in [0.1, 0.15) is 0 Å². The van der Waals surface area contributed by atoms with E-state index < -0.39 is 0 Å². The summed E-state index contributed by atoms with van der Waals surface area (Å²) >= 11 is 0. The first-order chi connectivity index (χ1) is 11.4. The van der Waals surface area contributed by atoms with Gasteiger partial charge < -0.3 is 15.4 Å². The molecule has 2 rings (SSSR count). The molecule has 1 saturated carbocycles. The first-order valence-electron chi connectivity index (χ1n) is 8.99. The molecule has 0 bridgehead atoms. The summed E-state index contributed by atoms with van der Waals surface area (Å²) < 4.78 is 7.82. The molecule has 138 valence electrons. The van der Waals surface area contributed by atoms with E-state index in [0.29, 0.717) is 6.10 Å². The van der Waals surface area contributed by atoms with Crippen LogP contribution in [0.4, 0.5) is 0 Å². The highest BCUT2D eigenvalue weighted by Crippen LogP contribution is 2.20. The summed E-state index contributed by atoms with van der Waals surface area (Å²) in [5.41, 5.74) is 0. The zero-order chi connectivity index (χ0) is 16.2. The molecular weight excluding hydrogens is 417 g/mol. The van der Waals surface area contributed by atoms with Gasteiger partial charge >= 0.3 is 0 Å². The Morgan fingerprint density at radius 2 is 2.12 bits per heavy atom. The van der Waals surface area contributed by atoms with Gasteiger partial charge in [-0.15, -0.1) is 24.0 Å². The third-order valence-corrected chi connectivity index (χ3v) is 3.99. The van der Waals surface area contributed by atoms with Crippen LogP contribution in [0.5, 0.6) is 0 Å². The van der Waals surface area contributed by atoms with E-state index in [4.69, 9.17) is 4.74 Å². The van der Waals surface area contributed by atoms with Crippen LogP contribution in [-0.2, 0) is 11.3 Å². The van der Waals surface area contributed by atoms with E-state index in [9.17, 15) is 0 Å². The van der Waals surface area contributed by atoms with Crippen LogP contribution in [0.3, 0.4) is 0 Å². The number of aryl methyl sites for hydroxylation is 1. The van der Waals surface area contributed by atoms with E-state index in [0.717, 1.165) is 51.6 Å². The van der Waals surface area contributed by atoms with Gasteiger partial charge in [0.25, 0.3) is 0 Å². The lowest BCUT2D eigenvalue weighted by molar-refractivity contribution is 0.0574. The van der Waals surface area contributed by atoms with Gasteiger partial charge in [0.05, 0.1) is 6.10 Å². The molecule has 0 saturated heterocycles. The predicted octanol–water partition coefficient (Wildman–Crippen LogP) is 2.80. The maximum absolute atomic E-state index is 5.87. The van der Waals surface area contributed by atoms with E-state index in [2.05, 4.69) is 27.6 Å². The smallest absolute Gasteiger partial charge is 0.191 e. The molecule has 0 aliphatic heterocycles. The van der Waals surface area contributed by atoms with Crippen molar-refractivity contribution >= 4 is 29.9 Å². The van der Waals surface area contributed by atoms with Crippen molar-refractivity contribution in [3.05, 3.63) is 18.5 Å². The molecule has 2 N–H and O–H groups in total. The van der Waals surface area contributed by atoms with Crippen LogP contribution in [0.15, 0.2) is 23.5 Å². The monoisotopic (exact) mass is 449 g/mol. The number of ether oxygens (including phenoxy) is 1. The number of nitrogens with zero attached hydrogens (tertiary/aromatic N) is 3. The first kappa shape index (κ1) is 21.2. The van der Waals surface area contributed by atoms with Gasteiger partial charge in [0, 0.05) is 45.2 Å². The van der Waals surface area contributed by atoms with Crippen molar-refractivity contribution in [2.45, 2.75) is 58.1 Å². The molecule has 1 heterocycles. The molecule has 0 amide bonds. The number of halogens is 1. The molecule has 24 heavy (non-hydrogen) atoms. The Bertz CT molecular complexity index is 432. The average molecular weight is 449 g/mol. The van der Waals surface area contributed by atoms with Crippen molar-refractivity contribution in [2.75, 3.05) is 26.2 Å². The van der Waals surface area contributed by atoms with E-state index in [1.54, 1.807) is 0 Å². The molecule has 0 spiro atoms. The number of hydrogen-bond donors (Lipinski definition) is 2. The van der Waals surface area contributed by atoms with E-state index in [-0.39, 0.29) is 24.0 Å². The Balaban J connectivity index is 0.00000288. The largest absolute Gasteiger partial charge is 0.378 e. The molecule has 1 aromatic rings. The van der Waals surface area contributed by atoms with Crippen molar-refractivity contribution in [3.8, 4) is 0 Å². The van der Waals surface area contributed by atoms with E-state index in [1.807, 2.05) is 23.1 Å². The summed E-state index contributed by atoms with van der Waals surface area (Å²) in [5, 5.41) is 10.9. The summed E-state index contributed by atoms with van der Waals surface area (Å²) in [6.07, 6.45) is 11.5. The zero-order valence-electron chi connectivity index (χ0n) is 14.7. The molecular formula is C17H32IN5O. The van der Waals surface area contributed by atoms with Crippen LogP contribution in [0.1, 0.15) is 45.4 Å². The predicted molar refractivity (Wildman–Crippen MR) is 109 cm³/mol. The van der Waals surface area contributed by atoms with Gasteiger partial charge in [-0.2, -0.15) is 5.10 Å². The molecule has 1 aliphatic carbocycles. The molecule has 1 fully saturated rings. The molecule has 0 unspecified atom stereocenters. The second-order valence-electron chi connectivity index (χ2n) is 5.94. The zero-order valence-corrected chi connectivity index (χ0v) is 17.1. The molecule has 0 aromatic carbocycles. The summed E-state index contributed by atoms with van der Waals surface area (Å²) in [7, 11) is 0. The number of guanidine groups is 1. The standard InChI is InChI=1S/C17H31N5O.HI/c1-2-18-17(19-10-5-13-22-14-6-12-21-22)20-11-7-15-23-16-8-3-4-9-16;/h6,12,14,16H,2-5,7-11,13,15H2,1H3,(H2,18,19,20);1H. The van der Waals surface area contributed by atoms with Gasteiger partial charge in [-0.25, -0.2) is 0 Å². The minimum atomic E-state index is 0. The second kappa shape index (κ2) is 13.5. The van der Waals surface area contributed by atoms with Crippen molar-refractivity contribution in [1.82, 2.24) is 20.4 Å². The Labute approximate surface area is 162 Å². The van der Waals surface area contributed by atoms with Crippen molar-refractivity contribution < 1.29 is 4.74 Å². The van der Waals surface area contributed by atoms with Crippen molar-refractivity contribution in [2.24, 2.45) is 4.99 Å². The fourth-order valence-electron chi connectivity index (χ4n) is 2.78. The third-order valence-electron chi connectivity index (χ3n) is 3.99. The molecule has 1 aliphatic rings. The number of aliphatic imine (C=N–C) groups is 1. The Kier molecular flexibility index (Phi) is 11.9. The van der Waals surface area contributed by atoms with Crippen LogP contribution in [0.2, 0.25) is 0 Å². The third kappa shape index (κ3) is 8.86. The van der Waals surface area contributed by atoms with Gasteiger partial charge in [-0.05, 0) is 38.7 Å². The van der Waals surface area contributed by atoms with Gasteiger partial charge in [0.15, 0.2) is 5.96 Å². The summed E-state index contributed by atoms with van der Waals surface area (Å²) in [4.78, 5) is 4.60. The highest BCUT2D eigenvalue weighted by molar-refractivity contribution is 14.0. The number of rotatable bonds is 10. The van der Waals surface area contributed by atoms with E-state index in [1.165, 1.54) is 25.7 Å². The van der Waals surface area contributed by atoms with Gasteiger partial charge in [-0.3, -0.25) is 9.67 Å². The van der Waals surface area contributed by atoms with Crippen LogP contribution in [0.25, 0.3) is 0 Å². The quantitative estimate of drug-likeness (QED) is 0.250. The SMILES string of the molecule is CCNC(=NCCCn1cccn1)NCCCOC1CCCC1.I. The van der Waals surface area contributed by atoms with Gasteiger partial charge in [0.2, 0.25) is 0 Å². The number of hydrogen-bond acceptors (Lipinski definition) is 3. The van der Waals surface area contributed by atoms with Crippen LogP contribution < -0.4 is 10.6 Å². The summed E-state index contributed by atoms with van der Waals surface area (Å²) in [6, 6.07) is 1.95. The summed E-state index contributed by atoms with van der Waals surface area (Å²) in [5.74, 6) is 0.897. The fourth-order valence-corrected chi connectivity index (χ4v) is 2.78. The Morgan fingerprint density at radius 3 is 2.83 bits per heavy atom. The number of aromatic nitrogens is 2. The van der Waals surface area contributed by atoms with Crippen LogP contribution in [0, 0.1) is 0 Å². The molecule has 1 aromatic heterocycles. The second-order valence-corrected chi connectivity index (χ2v) is 5.94. The highest BCUT2D eigenvalue weighted by Gasteiger charge is 2.14. The fraction of sp³-hybridized carbons (Fsp3) is 0.765. The molecule has 0 atom stereocenters. The first-order valence-corrected chi connectivity index (χ1v) is 8.99. The maximum atomic E-state index is 5.87. The lowest BCUT2D eigenvalue weighted by Gasteiger charge is -2.13. The molecule has 6 nitrogen and oxygen atoms in total. The van der Waals surface area contributed by atoms with Crippen LogP contribution >= 0.6 is 24.0 Å². The Hall–Kier alpha value is -0.830. The summed E-state index contributed by atoms with van der Waals surface area (Å²) in [6.45, 7) is 6.42. The Morgan fingerprint density at radius 1 is 1.29 bits per heavy atom. The van der Waals surface area contributed by atoms with Crippen LogP contribution in [-0.4, -0.2) is 48.1 Å². The minimum absolute atomic E-state index is 0. The average Bonchev–Trinajstić information content (AvgIpc) is 3.24. The minimum Gasteiger partial charge on any atom is -0.378 e. The highest BCUT2D eigenvalue weighted by atomic mass is 127. The van der Waals surface area contributed by atoms with Crippen molar-refractivity contribution in [3.63, 3.8) is 0 Å². The van der Waals surface area contributed by atoms with Crippen molar-refractivity contribution in [1.29, 1.82) is 0 Å². The normalized spacial score (nSPS) is 15.3. The van der Waals surface area contributed by atoms with E-state index >= 15 is 0 Å². The van der Waals surface area contributed by atoms with Gasteiger partial charge in [-0.1, -0.05) is 12.8 Å². The molecule has 7 heteroatoms. The number of nitrogens with one attached hydrogen (secondary N) is 2. The topological polar surface area (TPSA) is 63.5 Å². The maximum Gasteiger partial charge on any atom is 0.191 e. The lowest BCUT2D eigenvalue weighted by Crippen LogP contribution is -2.38. The lowest BCUT2D eigenvalue weighted by atomic mass is 10.3.